The van der Waals surface area contributed by atoms with Crippen LogP contribution in [0, 0.1) is 12.7 Å². The fraction of sp³-hybridized carbons (Fsp3) is 0.250. The van der Waals surface area contributed by atoms with Crippen molar-refractivity contribution in [3.63, 3.8) is 0 Å². The summed E-state index contributed by atoms with van der Waals surface area (Å²) in [6.45, 7) is 4.01. The molecular weight excluding hydrogens is 271 g/mol. The van der Waals surface area contributed by atoms with E-state index in [2.05, 4.69) is 20.3 Å². The van der Waals surface area contributed by atoms with Gasteiger partial charge in [0.25, 0.3) is 0 Å². The zero-order chi connectivity index (χ0) is 13.8. The summed E-state index contributed by atoms with van der Waals surface area (Å²) in [5.41, 5.74) is 1.31. The Bertz CT molecular complexity index is 574. The van der Waals surface area contributed by atoms with E-state index < -0.39 is 0 Å². The maximum atomic E-state index is 13.3. The molecule has 0 saturated heterocycles. The second-order valence-corrected chi connectivity index (χ2v) is 4.12. The lowest BCUT2D eigenvalue weighted by Gasteiger charge is -2.07. The van der Waals surface area contributed by atoms with Crippen LogP contribution >= 0.6 is 11.6 Å². The number of nitrogens with zero attached hydrogens (tertiary/aromatic N) is 3. The van der Waals surface area contributed by atoms with Gasteiger partial charge >= 0.3 is 6.01 Å². The zero-order valence-electron chi connectivity index (χ0n) is 10.4. The fourth-order valence-electron chi connectivity index (χ4n) is 1.52. The third-order valence-electron chi connectivity index (χ3n) is 2.16. The van der Waals surface area contributed by atoms with Crippen LogP contribution in [0.3, 0.4) is 0 Å². The van der Waals surface area contributed by atoms with Gasteiger partial charge in [0.15, 0.2) is 0 Å². The third-order valence-corrected chi connectivity index (χ3v) is 2.33. The van der Waals surface area contributed by atoms with Crippen LogP contribution in [0.1, 0.15) is 12.5 Å². The second-order valence-electron chi connectivity index (χ2n) is 3.79. The van der Waals surface area contributed by atoms with E-state index >= 15 is 0 Å². The summed E-state index contributed by atoms with van der Waals surface area (Å²) < 4.78 is 18.4. The van der Waals surface area contributed by atoms with Gasteiger partial charge < -0.3 is 10.1 Å². The molecule has 2 rings (SSSR count). The first kappa shape index (κ1) is 13.5. The molecule has 0 aliphatic rings. The highest BCUT2D eigenvalue weighted by molar-refractivity contribution is 6.28. The van der Waals surface area contributed by atoms with E-state index in [0.717, 1.165) is 5.56 Å². The largest absolute Gasteiger partial charge is 0.464 e. The van der Waals surface area contributed by atoms with Crippen molar-refractivity contribution in [2.24, 2.45) is 0 Å². The average Bonchev–Trinajstić information content (AvgIpc) is 2.26. The van der Waals surface area contributed by atoms with E-state index in [9.17, 15) is 4.39 Å². The number of aryl methyl sites for hydroxylation is 1. The summed E-state index contributed by atoms with van der Waals surface area (Å²) >= 11 is 5.76. The maximum Gasteiger partial charge on any atom is 0.322 e. The van der Waals surface area contributed by atoms with E-state index in [0.29, 0.717) is 12.3 Å². The van der Waals surface area contributed by atoms with Crippen molar-refractivity contribution in [3.05, 3.63) is 34.9 Å². The average molecular weight is 283 g/mol. The fourth-order valence-corrected chi connectivity index (χ4v) is 1.67. The molecule has 7 heteroatoms. The molecule has 0 radical (unpaired) electrons. The van der Waals surface area contributed by atoms with E-state index in [1.165, 1.54) is 12.1 Å². The van der Waals surface area contributed by atoms with Gasteiger partial charge in [-0.15, -0.1) is 0 Å². The van der Waals surface area contributed by atoms with Gasteiger partial charge in [-0.2, -0.15) is 15.0 Å². The van der Waals surface area contributed by atoms with Crippen LogP contribution in [0.15, 0.2) is 18.2 Å². The Morgan fingerprint density at radius 3 is 2.74 bits per heavy atom. The highest BCUT2D eigenvalue weighted by Gasteiger charge is 2.07. The maximum absolute atomic E-state index is 13.3. The van der Waals surface area contributed by atoms with Crippen LogP contribution in [0.2, 0.25) is 5.28 Å². The summed E-state index contributed by atoms with van der Waals surface area (Å²) in [6.07, 6.45) is 0. The van der Waals surface area contributed by atoms with Crippen molar-refractivity contribution in [2.45, 2.75) is 13.8 Å². The van der Waals surface area contributed by atoms with Crippen LogP contribution < -0.4 is 10.1 Å². The zero-order valence-corrected chi connectivity index (χ0v) is 11.2. The van der Waals surface area contributed by atoms with Gasteiger partial charge in [-0.1, -0.05) is 0 Å². The Kier molecular flexibility index (Phi) is 4.11. The highest BCUT2D eigenvalue weighted by Crippen LogP contribution is 2.19. The molecule has 2 aromatic rings. The molecule has 100 valence electrons. The number of hydrogen-bond donors (Lipinski definition) is 1. The molecule has 1 aromatic carbocycles. The van der Waals surface area contributed by atoms with Gasteiger partial charge in [-0.25, -0.2) is 4.39 Å². The lowest BCUT2D eigenvalue weighted by Crippen LogP contribution is -2.04. The Morgan fingerprint density at radius 2 is 2.05 bits per heavy atom. The van der Waals surface area contributed by atoms with Crippen molar-refractivity contribution < 1.29 is 9.13 Å². The number of anilines is 2. The third kappa shape index (κ3) is 3.75. The molecule has 1 N–H and O–H groups in total. The van der Waals surface area contributed by atoms with Gasteiger partial charge in [-0.3, -0.25) is 0 Å². The monoisotopic (exact) mass is 282 g/mol. The minimum atomic E-state index is -0.340. The summed E-state index contributed by atoms with van der Waals surface area (Å²) in [7, 11) is 0. The molecule has 5 nitrogen and oxygen atoms in total. The SMILES string of the molecule is CCOc1nc(Cl)nc(Nc2cc(C)cc(F)c2)n1. The number of ether oxygens (including phenoxy) is 1. The smallest absolute Gasteiger partial charge is 0.322 e. The van der Waals surface area contributed by atoms with Crippen molar-refractivity contribution in [1.29, 1.82) is 0 Å². The second kappa shape index (κ2) is 5.79. The highest BCUT2D eigenvalue weighted by atomic mass is 35.5. The molecule has 0 fully saturated rings. The lowest BCUT2D eigenvalue weighted by molar-refractivity contribution is 0.312. The molecule has 0 aliphatic carbocycles. The van der Waals surface area contributed by atoms with Crippen LogP contribution in [-0.4, -0.2) is 21.6 Å². The Hall–Kier alpha value is -1.95. The molecule has 0 amide bonds. The number of rotatable bonds is 4. The standard InChI is InChI=1S/C12H12ClFN4O/c1-3-19-12-17-10(13)16-11(18-12)15-9-5-7(2)4-8(14)6-9/h4-6H,3H2,1-2H3,(H,15,16,17,18). The first-order valence-corrected chi connectivity index (χ1v) is 6.03. The van der Waals surface area contributed by atoms with Gasteiger partial charge in [0.2, 0.25) is 11.2 Å². The number of hydrogen-bond acceptors (Lipinski definition) is 5. The van der Waals surface area contributed by atoms with E-state index in [1.54, 1.807) is 19.9 Å². The predicted octanol–water partition coefficient (Wildman–Crippen LogP) is 3.11. The minimum Gasteiger partial charge on any atom is -0.464 e. The first-order valence-electron chi connectivity index (χ1n) is 5.65. The summed E-state index contributed by atoms with van der Waals surface area (Å²) in [6, 6.07) is 4.65. The molecule has 0 atom stereocenters. The predicted molar refractivity (Wildman–Crippen MR) is 70.4 cm³/mol. The van der Waals surface area contributed by atoms with E-state index in [1.807, 2.05) is 0 Å². The summed E-state index contributed by atoms with van der Waals surface area (Å²) in [5.74, 6) is -0.138. The molecule has 19 heavy (non-hydrogen) atoms. The Balaban J connectivity index is 2.27. The van der Waals surface area contributed by atoms with Crippen LogP contribution in [0.5, 0.6) is 6.01 Å². The minimum absolute atomic E-state index is 0.00840. The molecule has 0 unspecified atom stereocenters. The molecule has 0 saturated carbocycles. The van der Waals surface area contributed by atoms with E-state index in [4.69, 9.17) is 16.3 Å². The van der Waals surface area contributed by atoms with E-state index in [-0.39, 0.29) is 23.1 Å². The van der Waals surface area contributed by atoms with Gasteiger partial charge in [0, 0.05) is 5.69 Å². The van der Waals surface area contributed by atoms with Gasteiger partial charge in [-0.05, 0) is 49.2 Å². The summed E-state index contributed by atoms with van der Waals surface area (Å²) in [4.78, 5) is 11.7. The first-order chi connectivity index (χ1) is 9.06. The van der Waals surface area contributed by atoms with Crippen LogP contribution in [0.4, 0.5) is 16.0 Å². The molecule has 0 spiro atoms. The molecule has 0 bridgehead atoms. The van der Waals surface area contributed by atoms with Crippen molar-refractivity contribution in [2.75, 3.05) is 11.9 Å². The van der Waals surface area contributed by atoms with Gasteiger partial charge in [0.1, 0.15) is 5.82 Å². The lowest BCUT2D eigenvalue weighted by atomic mass is 10.2. The molecule has 1 aromatic heterocycles. The Labute approximate surface area is 114 Å². The number of nitrogens with one attached hydrogen (secondary N) is 1. The molecular formula is C12H12ClFN4O. The quantitative estimate of drug-likeness (QED) is 0.933. The van der Waals surface area contributed by atoms with Gasteiger partial charge in [0.05, 0.1) is 6.61 Å². The normalized spacial score (nSPS) is 10.3. The Morgan fingerprint density at radius 1 is 1.26 bits per heavy atom. The van der Waals surface area contributed by atoms with Crippen molar-refractivity contribution >= 4 is 23.2 Å². The number of benzene rings is 1. The van der Waals surface area contributed by atoms with Crippen LogP contribution in [-0.2, 0) is 0 Å². The topological polar surface area (TPSA) is 59.9 Å². The molecule has 0 aliphatic heterocycles. The molecule has 1 heterocycles. The van der Waals surface area contributed by atoms with Crippen molar-refractivity contribution in [1.82, 2.24) is 15.0 Å². The number of aromatic nitrogens is 3. The van der Waals surface area contributed by atoms with Crippen LogP contribution in [0.25, 0.3) is 0 Å². The summed E-state index contributed by atoms with van der Waals surface area (Å²) in [5, 5.41) is 2.87. The number of halogens is 2. The van der Waals surface area contributed by atoms with Crippen molar-refractivity contribution in [3.8, 4) is 6.01 Å².